The van der Waals surface area contributed by atoms with Crippen LogP contribution in [-0.2, 0) is 29.3 Å². The lowest BCUT2D eigenvalue weighted by molar-refractivity contribution is -0.160. The first-order chi connectivity index (χ1) is 17.1. The van der Waals surface area contributed by atoms with E-state index in [4.69, 9.17) is 21.1 Å². The van der Waals surface area contributed by atoms with E-state index in [1.54, 1.807) is 40.0 Å². The first-order valence-corrected chi connectivity index (χ1v) is 12.0. The van der Waals surface area contributed by atoms with Crippen LogP contribution in [0.1, 0.15) is 41.8 Å². The molecule has 0 saturated heterocycles. The van der Waals surface area contributed by atoms with Gasteiger partial charge in [-0.25, -0.2) is 4.98 Å². The van der Waals surface area contributed by atoms with E-state index in [1.807, 2.05) is 31.2 Å². The van der Waals surface area contributed by atoms with Gasteiger partial charge in [-0.15, -0.1) is 0 Å². The number of rotatable bonds is 5. The normalized spacial score (nSPS) is 22.3. The zero-order valence-electron chi connectivity index (χ0n) is 20.7. The van der Waals surface area contributed by atoms with Crippen LogP contribution in [-0.4, -0.2) is 43.1 Å². The molecule has 1 amide bonds. The molecule has 0 saturated carbocycles. The van der Waals surface area contributed by atoms with Gasteiger partial charge in [0.25, 0.3) is 0 Å². The lowest BCUT2D eigenvalue weighted by atomic mass is 9.70. The molecule has 0 N–H and O–H groups in total. The predicted octanol–water partition coefficient (Wildman–Crippen LogP) is 3.89. The number of carbonyl (C=O) groups excluding carboxylic acids is 3. The monoisotopic (exact) mass is 507 g/mol. The van der Waals surface area contributed by atoms with Gasteiger partial charge in [-0.05, 0) is 56.5 Å². The van der Waals surface area contributed by atoms with Crippen molar-refractivity contribution in [3.8, 4) is 6.07 Å². The standard InChI is InChI=1S/C27H26ClN3O5/c1-6-35-24(32)21-16(19-11-15(4)17(13-29)23(28)30-19)12-27(22(21)25(33)36-7-2)18-10-14(3)8-9-20(18)31(5)26(27)34/h8-12,21-22H,6-7H2,1-5H3/t21-,22-,27-/m1/s1. The lowest BCUT2D eigenvalue weighted by Crippen LogP contribution is -2.48. The smallest absolute Gasteiger partial charge is 0.314 e. The molecular weight excluding hydrogens is 482 g/mol. The summed E-state index contributed by atoms with van der Waals surface area (Å²) in [6.45, 7) is 7.08. The molecule has 2 aromatic rings. The van der Waals surface area contributed by atoms with Gasteiger partial charge in [0.05, 0.1) is 36.3 Å². The highest BCUT2D eigenvalue weighted by molar-refractivity contribution is 6.30. The lowest BCUT2D eigenvalue weighted by Gasteiger charge is -2.30. The second-order valence-corrected chi connectivity index (χ2v) is 9.27. The maximum Gasteiger partial charge on any atom is 0.314 e. The largest absolute Gasteiger partial charge is 0.466 e. The number of amides is 1. The van der Waals surface area contributed by atoms with E-state index in [0.717, 1.165) is 5.56 Å². The Morgan fingerprint density at radius 1 is 1.17 bits per heavy atom. The highest BCUT2D eigenvalue weighted by atomic mass is 35.5. The van der Waals surface area contributed by atoms with Crippen molar-refractivity contribution in [2.24, 2.45) is 11.8 Å². The Balaban J connectivity index is 2.07. The fraction of sp³-hybridized carbons (Fsp3) is 0.370. The number of hydrogen-bond acceptors (Lipinski definition) is 7. The maximum atomic E-state index is 14.0. The number of halogens is 1. The highest BCUT2D eigenvalue weighted by Crippen LogP contribution is 2.57. The summed E-state index contributed by atoms with van der Waals surface area (Å²) in [5.41, 5.74) is 2.01. The number of pyridine rings is 1. The van der Waals surface area contributed by atoms with Gasteiger partial charge < -0.3 is 14.4 Å². The minimum Gasteiger partial charge on any atom is -0.466 e. The summed E-state index contributed by atoms with van der Waals surface area (Å²) in [7, 11) is 1.64. The minimum atomic E-state index is -1.51. The number of nitrogens with zero attached hydrogens (tertiary/aromatic N) is 3. The zero-order valence-corrected chi connectivity index (χ0v) is 21.5. The molecule has 0 bridgehead atoms. The van der Waals surface area contributed by atoms with Crippen molar-refractivity contribution in [2.75, 3.05) is 25.2 Å². The molecule has 36 heavy (non-hydrogen) atoms. The van der Waals surface area contributed by atoms with Crippen molar-refractivity contribution >= 4 is 40.7 Å². The first-order valence-electron chi connectivity index (χ1n) is 11.6. The van der Waals surface area contributed by atoms with Crippen LogP contribution in [0.3, 0.4) is 0 Å². The van der Waals surface area contributed by atoms with Crippen molar-refractivity contribution in [1.82, 2.24) is 4.98 Å². The summed E-state index contributed by atoms with van der Waals surface area (Å²) in [5.74, 6) is -4.11. The molecular formula is C27H26ClN3O5. The average molecular weight is 508 g/mol. The molecule has 1 spiro atoms. The number of hydrogen-bond donors (Lipinski definition) is 0. The third kappa shape index (κ3) is 3.66. The molecule has 1 aliphatic carbocycles. The summed E-state index contributed by atoms with van der Waals surface area (Å²) in [4.78, 5) is 46.9. The van der Waals surface area contributed by atoms with Crippen LogP contribution >= 0.6 is 11.6 Å². The SMILES string of the molecule is CCOC(=O)[C@@H]1C(c2cc(C)c(C#N)c(Cl)n2)=C[C@]2(C(=O)N(C)c3ccc(C)cc32)[C@H]1C(=O)OCC. The number of likely N-dealkylation sites (N-methyl/N-ethyl adjacent to an activating group) is 1. The highest BCUT2D eigenvalue weighted by Gasteiger charge is 2.65. The molecule has 0 fully saturated rings. The van der Waals surface area contributed by atoms with Crippen molar-refractivity contribution in [3.05, 3.63) is 63.4 Å². The molecule has 1 aromatic heterocycles. The second-order valence-electron chi connectivity index (χ2n) is 8.91. The van der Waals surface area contributed by atoms with E-state index < -0.39 is 29.2 Å². The summed E-state index contributed by atoms with van der Waals surface area (Å²) >= 11 is 6.31. The number of anilines is 1. The molecule has 2 heterocycles. The predicted molar refractivity (Wildman–Crippen MR) is 133 cm³/mol. The van der Waals surface area contributed by atoms with Crippen LogP contribution in [0.25, 0.3) is 5.57 Å². The Bertz CT molecular complexity index is 1340. The average Bonchev–Trinajstić information content (AvgIpc) is 3.29. The molecule has 4 rings (SSSR count). The zero-order chi connectivity index (χ0) is 26.4. The fourth-order valence-electron chi connectivity index (χ4n) is 5.28. The van der Waals surface area contributed by atoms with E-state index >= 15 is 0 Å². The summed E-state index contributed by atoms with van der Waals surface area (Å²) in [5, 5.41) is 9.40. The van der Waals surface area contributed by atoms with Gasteiger partial charge in [-0.2, -0.15) is 5.26 Å². The quantitative estimate of drug-likeness (QED) is 0.446. The molecule has 8 nitrogen and oxygen atoms in total. The van der Waals surface area contributed by atoms with E-state index in [9.17, 15) is 19.6 Å². The van der Waals surface area contributed by atoms with Gasteiger partial charge in [-0.3, -0.25) is 14.4 Å². The maximum absolute atomic E-state index is 14.0. The van der Waals surface area contributed by atoms with Crippen LogP contribution in [0, 0.1) is 37.0 Å². The second kappa shape index (κ2) is 9.40. The molecule has 186 valence electrons. The van der Waals surface area contributed by atoms with E-state index in [-0.39, 0.29) is 35.5 Å². The Morgan fingerprint density at radius 3 is 2.44 bits per heavy atom. The number of benzene rings is 1. The summed E-state index contributed by atoms with van der Waals surface area (Å²) in [6, 6.07) is 9.21. The molecule has 3 atom stereocenters. The van der Waals surface area contributed by atoms with Crippen LogP contribution in [0.4, 0.5) is 5.69 Å². The van der Waals surface area contributed by atoms with E-state index in [1.165, 1.54) is 4.90 Å². The number of aromatic nitrogens is 1. The molecule has 2 aliphatic rings. The van der Waals surface area contributed by atoms with Crippen molar-refractivity contribution in [2.45, 2.75) is 33.1 Å². The Kier molecular flexibility index (Phi) is 6.63. The van der Waals surface area contributed by atoms with Gasteiger partial charge in [0.15, 0.2) is 0 Å². The van der Waals surface area contributed by atoms with Crippen LogP contribution in [0.15, 0.2) is 30.3 Å². The molecule has 1 aromatic carbocycles. The van der Waals surface area contributed by atoms with Crippen LogP contribution < -0.4 is 4.90 Å². The van der Waals surface area contributed by atoms with Crippen molar-refractivity contribution in [3.63, 3.8) is 0 Å². The number of fused-ring (bicyclic) bond motifs is 2. The minimum absolute atomic E-state index is 0.0317. The van der Waals surface area contributed by atoms with Crippen molar-refractivity contribution < 1.29 is 23.9 Å². The number of ether oxygens (including phenoxy) is 2. The number of carbonyl (C=O) groups is 3. The molecule has 9 heteroatoms. The molecule has 0 unspecified atom stereocenters. The van der Waals surface area contributed by atoms with Gasteiger partial charge in [0, 0.05) is 12.7 Å². The van der Waals surface area contributed by atoms with Gasteiger partial charge in [0.2, 0.25) is 5.91 Å². The van der Waals surface area contributed by atoms with E-state index in [0.29, 0.717) is 22.4 Å². The Labute approximate surface area is 214 Å². The third-order valence-corrected chi connectivity index (χ3v) is 7.09. The number of esters is 2. The van der Waals surface area contributed by atoms with Crippen LogP contribution in [0.2, 0.25) is 5.15 Å². The Hall–Kier alpha value is -3.70. The van der Waals surface area contributed by atoms with Crippen LogP contribution in [0.5, 0.6) is 0 Å². The molecule has 1 aliphatic heterocycles. The topological polar surface area (TPSA) is 110 Å². The van der Waals surface area contributed by atoms with Crippen molar-refractivity contribution in [1.29, 1.82) is 5.26 Å². The molecule has 0 radical (unpaired) electrons. The first kappa shape index (κ1) is 25.4. The Morgan fingerprint density at radius 2 is 1.83 bits per heavy atom. The summed E-state index contributed by atoms with van der Waals surface area (Å²) < 4.78 is 10.8. The third-order valence-electron chi connectivity index (χ3n) is 6.82. The van der Waals surface area contributed by atoms with Gasteiger partial charge in [0.1, 0.15) is 16.6 Å². The van der Waals surface area contributed by atoms with E-state index in [2.05, 4.69) is 4.98 Å². The fourth-order valence-corrected chi connectivity index (χ4v) is 5.56. The summed E-state index contributed by atoms with van der Waals surface area (Å²) in [6.07, 6.45) is 1.64. The van der Waals surface area contributed by atoms with Gasteiger partial charge >= 0.3 is 11.9 Å². The number of aryl methyl sites for hydroxylation is 2. The number of nitriles is 1. The van der Waals surface area contributed by atoms with Gasteiger partial charge in [-0.1, -0.05) is 35.4 Å².